The van der Waals surface area contributed by atoms with Gasteiger partial charge in [-0.3, -0.25) is 9.59 Å². The highest BCUT2D eigenvalue weighted by atomic mass is 16.5. The summed E-state index contributed by atoms with van der Waals surface area (Å²) >= 11 is 0. The summed E-state index contributed by atoms with van der Waals surface area (Å²) in [5.74, 6) is 0.856. The van der Waals surface area contributed by atoms with Crippen LogP contribution in [0, 0.1) is 0 Å². The number of hydrogen-bond donors (Lipinski definition) is 2. The minimum atomic E-state index is -0.227. The number of ether oxygens (including phenoxy) is 2. The first-order valence-electron chi connectivity index (χ1n) is 10.9. The highest BCUT2D eigenvalue weighted by Crippen LogP contribution is 2.16. The summed E-state index contributed by atoms with van der Waals surface area (Å²) in [6.07, 6.45) is 7.99. The Morgan fingerprint density at radius 3 is 1.56 bits per heavy atom. The monoisotopic (exact) mass is 462 g/mol. The molecule has 2 amide bonds. The summed E-state index contributed by atoms with van der Waals surface area (Å²) in [6.45, 7) is 8.01. The smallest absolute Gasteiger partial charge is 0.240 e. The molecular weight excluding hydrogens is 432 g/mol. The molecule has 0 spiro atoms. The quantitative estimate of drug-likeness (QED) is 0.181. The summed E-state index contributed by atoms with van der Waals surface area (Å²) in [5.41, 5.74) is 6.47. The molecule has 0 atom stereocenters. The first kappa shape index (κ1) is 26.1. The molecule has 8 heteroatoms. The lowest BCUT2D eigenvalue weighted by Gasteiger charge is -2.06. The Labute approximate surface area is 200 Å². The first-order valence-corrected chi connectivity index (χ1v) is 10.9. The zero-order valence-electron chi connectivity index (χ0n) is 19.1. The maximum atomic E-state index is 12.0. The number of unbranched alkanes of at least 4 members (excludes halogenated alkanes) is 1. The fourth-order valence-electron chi connectivity index (χ4n) is 2.77. The molecule has 0 heterocycles. The maximum absolute atomic E-state index is 12.0. The van der Waals surface area contributed by atoms with E-state index in [1.807, 2.05) is 48.5 Å². The van der Waals surface area contributed by atoms with Crippen molar-refractivity contribution < 1.29 is 19.1 Å². The minimum absolute atomic E-state index is 0.227. The Hall–Kier alpha value is -4.20. The van der Waals surface area contributed by atoms with E-state index in [-0.39, 0.29) is 24.7 Å². The Morgan fingerprint density at radius 1 is 0.735 bits per heavy atom. The van der Waals surface area contributed by atoms with Gasteiger partial charge in [0.05, 0.1) is 12.4 Å². The van der Waals surface area contributed by atoms with E-state index in [0.717, 1.165) is 11.1 Å². The summed E-state index contributed by atoms with van der Waals surface area (Å²) in [5, 5.41) is 7.95. The van der Waals surface area contributed by atoms with Crippen molar-refractivity contribution in [2.75, 3.05) is 13.2 Å². The molecule has 2 aromatic carbocycles. The van der Waals surface area contributed by atoms with Crippen molar-refractivity contribution in [1.82, 2.24) is 10.9 Å². The van der Waals surface area contributed by atoms with Crippen LogP contribution in [0.3, 0.4) is 0 Å². The van der Waals surface area contributed by atoms with Gasteiger partial charge in [0.15, 0.2) is 0 Å². The number of carbonyl (C=O) groups is 2. The average Bonchev–Trinajstić information content (AvgIpc) is 2.85. The topological polar surface area (TPSA) is 101 Å². The number of carbonyl (C=O) groups excluding carboxylic acids is 2. The molecule has 34 heavy (non-hydrogen) atoms. The van der Waals surface area contributed by atoms with Gasteiger partial charge in [-0.2, -0.15) is 10.2 Å². The Bertz CT molecular complexity index is 936. The second-order valence-electron chi connectivity index (χ2n) is 7.07. The molecule has 8 nitrogen and oxygen atoms in total. The molecule has 0 unspecified atom stereocenters. The van der Waals surface area contributed by atoms with Gasteiger partial charge >= 0.3 is 0 Å². The van der Waals surface area contributed by atoms with E-state index in [2.05, 4.69) is 34.2 Å². The zero-order valence-corrected chi connectivity index (χ0v) is 19.1. The van der Waals surface area contributed by atoms with Crippen molar-refractivity contribution in [3.63, 3.8) is 0 Å². The molecule has 0 aromatic heterocycles. The second-order valence-corrected chi connectivity index (χ2v) is 7.07. The van der Waals surface area contributed by atoms with Crippen molar-refractivity contribution in [3.8, 4) is 11.5 Å². The minimum Gasteiger partial charge on any atom is -0.489 e. The lowest BCUT2D eigenvalue weighted by atomic mass is 10.2. The molecule has 0 aliphatic carbocycles. The van der Waals surface area contributed by atoms with Gasteiger partial charge < -0.3 is 9.47 Å². The molecule has 0 aliphatic rings. The third kappa shape index (κ3) is 9.95. The number of nitrogens with zero attached hydrogens (tertiary/aromatic N) is 2. The number of hydrogen-bond acceptors (Lipinski definition) is 6. The van der Waals surface area contributed by atoms with Crippen LogP contribution in [-0.2, 0) is 9.59 Å². The zero-order chi connectivity index (χ0) is 24.4. The molecule has 0 radical (unpaired) electrons. The molecule has 178 valence electrons. The number of rotatable bonds is 15. The predicted octanol–water partition coefficient (Wildman–Crippen LogP) is 3.98. The van der Waals surface area contributed by atoms with Crippen LogP contribution in [0.1, 0.15) is 36.8 Å². The van der Waals surface area contributed by atoms with E-state index in [9.17, 15) is 9.59 Å². The summed E-state index contributed by atoms with van der Waals surface area (Å²) < 4.78 is 11.1. The van der Waals surface area contributed by atoms with Gasteiger partial charge in [-0.25, -0.2) is 10.9 Å². The van der Waals surface area contributed by atoms with Gasteiger partial charge in [-0.05, 0) is 37.1 Å². The van der Waals surface area contributed by atoms with Crippen LogP contribution in [0.25, 0.3) is 0 Å². The van der Waals surface area contributed by atoms with Crippen LogP contribution in [0.4, 0.5) is 0 Å². The number of para-hydroxylation sites is 2. The molecule has 0 saturated carbocycles. The van der Waals surface area contributed by atoms with Crippen LogP contribution in [0.15, 0.2) is 84.0 Å². The lowest BCUT2D eigenvalue weighted by Crippen LogP contribution is -2.19. The van der Waals surface area contributed by atoms with Crippen LogP contribution >= 0.6 is 0 Å². The highest BCUT2D eigenvalue weighted by molar-refractivity contribution is 5.86. The summed E-state index contributed by atoms with van der Waals surface area (Å²) in [6, 6.07) is 14.7. The van der Waals surface area contributed by atoms with E-state index in [1.54, 1.807) is 12.2 Å². The second kappa shape index (κ2) is 15.6. The van der Waals surface area contributed by atoms with Gasteiger partial charge in [0, 0.05) is 24.0 Å². The number of hydrazone groups is 2. The van der Waals surface area contributed by atoms with Crippen LogP contribution in [0.2, 0.25) is 0 Å². The van der Waals surface area contributed by atoms with Crippen molar-refractivity contribution in [3.05, 3.63) is 85.0 Å². The number of benzene rings is 2. The summed E-state index contributed by atoms with van der Waals surface area (Å²) in [4.78, 5) is 23.9. The van der Waals surface area contributed by atoms with Crippen molar-refractivity contribution in [2.45, 2.75) is 25.7 Å². The Balaban J connectivity index is 1.66. The summed E-state index contributed by atoms with van der Waals surface area (Å²) in [7, 11) is 0. The largest absolute Gasteiger partial charge is 0.489 e. The maximum Gasteiger partial charge on any atom is 0.240 e. The third-order valence-electron chi connectivity index (χ3n) is 4.39. The standard InChI is InChI=1S/C26H30N4O4/c1-3-17-33-23-13-7-5-11-21(23)19-27-29-25(31)15-9-10-16-26(32)30-28-20-22-12-6-8-14-24(22)34-18-4-2/h3-8,11-14,19-20H,1-2,9-10,15-18H2,(H,29,31)(H,30,32). The molecular formula is C26H30N4O4. The van der Waals surface area contributed by atoms with E-state index < -0.39 is 0 Å². The highest BCUT2D eigenvalue weighted by Gasteiger charge is 2.04. The third-order valence-corrected chi connectivity index (χ3v) is 4.39. The predicted molar refractivity (Wildman–Crippen MR) is 134 cm³/mol. The van der Waals surface area contributed by atoms with E-state index in [4.69, 9.17) is 9.47 Å². The normalized spacial score (nSPS) is 10.7. The van der Waals surface area contributed by atoms with Crippen molar-refractivity contribution in [2.24, 2.45) is 10.2 Å². The van der Waals surface area contributed by atoms with E-state index in [0.29, 0.717) is 37.6 Å². The number of nitrogens with one attached hydrogen (secondary N) is 2. The van der Waals surface area contributed by atoms with Gasteiger partial charge in [0.25, 0.3) is 0 Å². The molecule has 2 N–H and O–H groups in total. The van der Waals surface area contributed by atoms with Crippen LogP contribution < -0.4 is 20.3 Å². The fraction of sp³-hybridized carbons (Fsp3) is 0.231. The molecule has 0 fully saturated rings. The van der Waals surface area contributed by atoms with Crippen molar-refractivity contribution >= 4 is 24.2 Å². The Morgan fingerprint density at radius 2 is 1.15 bits per heavy atom. The molecule has 2 aromatic rings. The molecule has 2 rings (SSSR count). The number of amides is 2. The SMILES string of the molecule is C=CCOc1ccccc1C=NNC(=O)CCCCC(=O)NN=Cc1ccccc1OCC=C. The van der Waals surface area contributed by atoms with Gasteiger partial charge in [0.1, 0.15) is 24.7 Å². The first-order chi connectivity index (χ1) is 16.6. The lowest BCUT2D eigenvalue weighted by molar-refractivity contribution is -0.123. The van der Waals surface area contributed by atoms with Crippen LogP contribution in [-0.4, -0.2) is 37.5 Å². The van der Waals surface area contributed by atoms with Gasteiger partial charge in [-0.1, -0.05) is 49.6 Å². The van der Waals surface area contributed by atoms with E-state index in [1.165, 1.54) is 12.4 Å². The fourth-order valence-corrected chi connectivity index (χ4v) is 2.77. The average molecular weight is 463 g/mol. The van der Waals surface area contributed by atoms with E-state index >= 15 is 0 Å². The molecule has 0 aliphatic heterocycles. The van der Waals surface area contributed by atoms with Gasteiger partial charge in [-0.15, -0.1) is 0 Å². The van der Waals surface area contributed by atoms with Crippen molar-refractivity contribution in [1.29, 1.82) is 0 Å². The van der Waals surface area contributed by atoms with Crippen LogP contribution in [0.5, 0.6) is 11.5 Å². The molecule has 0 bridgehead atoms. The molecule has 0 saturated heterocycles. The Kier molecular flexibility index (Phi) is 11.9. The van der Waals surface area contributed by atoms with Gasteiger partial charge in [0.2, 0.25) is 11.8 Å².